The predicted molar refractivity (Wildman–Crippen MR) is 204 cm³/mol. The molecule has 0 unspecified atom stereocenters. The van der Waals surface area contributed by atoms with Gasteiger partial charge in [-0.25, -0.2) is 37.8 Å². The molecule has 1 spiro atoms. The SMILES string of the molecule is [C-]#[N+]/C(C#N)=C1\C(=C\c2cc3c(s2)-c2sc4cc(/C=C5\C(=O)c6cc(F)c(F)cc6\C5=C(\C#N)[N+]#[C-])sc4c2OC32CCCCC2)C(=O)c2cc(F)c(F)cc21. The van der Waals surface area contributed by atoms with Crippen LogP contribution in [0.5, 0.6) is 5.75 Å². The summed E-state index contributed by atoms with van der Waals surface area (Å²) in [5, 5.41) is 19.5. The van der Waals surface area contributed by atoms with E-state index in [1.165, 1.54) is 40.1 Å². The first-order valence-corrected chi connectivity index (χ1v) is 19.4. The van der Waals surface area contributed by atoms with Gasteiger partial charge < -0.3 is 4.74 Å². The molecule has 270 valence electrons. The van der Waals surface area contributed by atoms with Crippen LogP contribution in [0.3, 0.4) is 0 Å². The predicted octanol–water partition coefficient (Wildman–Crippen LogP) is 11.7. The Morgan fingerprint density at radius 2 is 1.20 bits per heavy atom. The Labute approximate surface area is 327 Å². The third-order valence-electron chi connectivity index (χ3n) is 10.4. The molecule has 0 saturated heterocycles. The Kier molecular flexibility index (Phi) is 8.09. The van der Waals surface area contributed by atoms with Gasteiger partial charge in [-0.1, -0.05) is 6.42 Å². The number of hydrogen-bond acceptors (Lipinski definition) is 8. The zero-order chi connectivity index (χ0) is 39.2. The number of benzene rings is 2. The Balaban J connectivity index is 1.18. The molecular weight excluding hydrogens is 781 g/mol. The van der Waals surface area contributed by atoms with Crippen molar-refractivity contribution in [2.45, 2.75) is 37.7 Å². The number of nitriles is 2. The Morgan fingerprint density at radius 1 is 0.696 bits per heavy atom. The number of fused-ring (bicyclic) bond motifs is 8. The smallest absolute Gasteiger partial charge is 0.270 e. The summed E-state index contributed by atoms with van der Waals surface area (Å²) in [4.78, 5) is 36.8. The van der Waals surface area contributed by atoms with Crippen molar-refractivity contribution in [2.75, 3.05) is 0 Å². The first-order valence-electron chi connectivity index (χ1n) is 17.0. The van der Waals surface area contributed by atoms with Gasteiger partial charge in [0, 0.05) is 48.7 Å². The lowest BCUT2D eigenvalue weighted by molar-refractivity contribution is 0.0267. The molecule has 0 N–H and O–H groups in total. The zero-order valence-electron chi connectivity index (χ0n) is 28.4. The lowest BCUT2D eigenvalue weighted by Gasteiger charge is -2.40. The molecule has 4 heterocycles. The quantitative estimate of drug-likeness (QED) is 0.0766. The highest BCUT2D eigenvalue weighted by molar-refractivity contribution is 7.32. The molecule has 2 aromatic carbocycles. The van der Waals surface area contributed by atoms with Gasteiger partial charge in [-0.05, 0) is 85.4 Å². The monoisotopic (exact) mass is 798 g/mol. The summed E-state index contributed by atoms with van der Waals surface area (Å²) in [5.74, 6) is -5.48. The maximum atomic E-state index is 14.4. The van der Waals surface area contributed by atoms with Crippen molar-refractivity contribution in [1.29, 1.82) is 10.5 Å². The van der Waals surface area contributed by atoms with Crippen LogP contribution < -0.4 is 4.74 Å². The number of allylic oxidation sites excluding steroid dienone is 6. The number of ether oxygens (including phenoxy) is 1. The molecule has 0 amide bonds. The summed E-state index contributed by atoms with van der Waals surface area (Å²) < 4.78 is 65.9. The normalized spacial score (nSPS) is 19.5. The van der Waals surface area contributed by atoms with Crippen LogP contribution in [0.15, 0.2) is 58.9 Å². The zero-order valence-corrected chi connectivity index (χ0v) is 30.9. The van der Waals surface area contributed by atoms with Gasteiger partial charge in [0.2, 0.25) is 0 Å². The van der Waals surface area contributed by atoms with E-state index in [0.717, 1.165) is 68.2 Å². The van der Waals surface area contributed by atoms with E-state index in [-0.39, 0.29) is 44.5 Å². The minimum Gasteiger partial charge on any atom is -0.479 e. The number of nitrogens with zero attached hydrogens (tertiary/aromatic N) is 4. The second-order valence-electron chi connectivity index (χ2n) is 13.4. The number of carbonyl (C=O) groups excluding carboxylic acids is 2. The Hall–Kier alpha value is -6.42. The molecule has 9 rings (SSSR count). The van der Waals surface area contributed by atoms with Crippen LogP contribution in [-0.2, 0) is 5.60 Å². The van der Waals surface area contributed by atoms with Gasteiger partial charge in [0.15, 0.2) is 40.6 Å². The molecule has 3 aromatic heterocycles. The molecule has 3 aliphatic carbocycles. The van der Waals surface area contributed by atoms with Crippen molar-refractivity contribution in [3.63, 3.8) is 0 Å². The number of rotatable bonds is 2. The van der Waals surface area contributed by atoms with Crippen molar-refractivity contribution >= 4 is 78.3 Å². The van der Waals surface area contributed by atoms with Crippen LogP contribution in [0.2, 0.25) is 0 Å². The Bertz CT molecular complexity index is 2980. The fraction of sp³-hybridized carbons (Fsp3) is 0.143. The second-order valence-corrected chi connectivity index (χ2v) is 16.7. The van der Waals surface area contributed by atoms with E-state index in [1.807, 2.05) is 12.1 Å². The topological polar surface area (TPSA) is 99.7 Å². The summed E-state index contributed by atoms with van der Waals surface area (Å²) in [6, 6.07) is 10.6. The summed E-state index contributed by atoms with van der Waals surface area (Å²) >= 11 is 4.17. The highest BCUT2D eigenvalue weighted by Gasteiger charge is 2.45. The van der Waals surface area contributed by atoms with E-state index in [0.29, 0.717) is 28.3 Å². The number of halogens is 4. The first kappa shape index (κ1) is 35.3. The van der Waals surface area contributed by atoms with Crippen LogP contribution in [0.1, 0.15) is 79.3 Å². The van der Waals surface area contributed by atoms with Gasteiger partial charge in [0.1, 0.15) is 5.60 Å². The number of hydrogen-bond donors (Lipinski definition) is 0. The number of ketones is 2. The maximum Gasteiger partial charge on any atom is 0.270 e. The Morgan fingerprint density at radius 3 is 1.70 bits per heavy atom. The van der Waals surface area contributed by atoms with Crippen LogP contribution in [0, 0.1) is 59.1 Å². The van der Waals surface area contributed by atoms with Crippen molar-refractivity contribution in [3.8, 4) is 27.6 Å². The van der Waals surface area contributed by atoms with Gasteiger partial charge in [0.05, 0.1) is 44.4 Å². The molecule has 7 nitrogen and oxygen atoms in total. The molecule has 1 saturated carbocycles. The summed E-state index contributed by atoms with van der Waals surface area (Å²) in [6.45, 7) is 15.1. The van der Waals surface area contributed by atoms with Crippen LogP contribution in [-0.4, -0.2) is 11.6 Å². The lowest BCUT2D eigenvalue weighted by atomic mass is 9.78. The minimum atomic E-state index is -1.22. The number of Topliss-reactive ketones (excluding diaryl/α,β-unsaturated/α-hetero) is 2. The van der Waals surface area contributed by atoms with Gasteiger partial charge in [-0.2, -0.15) is 0 Å². The fourth-order valence-electron chi connectivity index (χ4n) is 7.97. The van der Waals surface area contributed by atoms with Gasteiger partial charge in [-0.15, -0.1) is 34.0 Å². The van der Waals surface area contributed by atoms with Crippen LogP contribution in [0.25, 0.3) is 52.1 Å². The highest BCUT2D eigenvalue weighted by atomic mass is 32.1. The molecule has 1 fully saturated rings. The molecule has 0 bridgehead atoms. The molecular formula is C42H18F4N4O3S3. The van der Waals surface area contributed by atoms with E-state index in [2.05, 4.69) is 9.69 Å². The molecule has 14 heteroatoms. The molecule has 4 aliphatic rings. The molecule has 0 atom stereocenters. The van der Waals surface area contributed by atoms with Gasteiger partial charge in [0.25, 0.3) is 11.4 Å². The van der Waals surface area contributed by atoms with Crippen LogP contribution >= 0.6 is 34.0 Å². The highest BCUT2D eigenvalue weighted by Crippen LogP contribution is 2.60. The average molecular weight is 799 g/mol. The van der Waals surface area contributed by atoms with Crippen LogP contribution in [0.4, 0.5) is 17.6 Å². The molecule has 0 radical (unpaired) electrons. The third-order valence-corrected chi connectivity index (χ3v) is 14.0. The molecule has 1 aliphatic heterocycles. The van der Waals surface area contributed by atoms with Gasteiger partial charge >= 0.3 is 0 Å². The van der Waals surface area contributed by atoms with Crippen molar-refractivity contribution in [1.82, 2.24) is 0 Å². The van der Waals surface area contributed by atoms with Gasteiger partial charge in [-0.3, -0.25) is 9.59 Å². The van der Waals surface area contributed by atoms with E-state index in [4.69, 9.17) is 17.9 Å². The van der Waals surface area contributed by atoms with Crippen molar-refractivity contribution in [3.05, 3.63) is 143 Å². The lowest BCUT2D eigenvalue weighted by Crippen LogP contribution is -2.37. The number of thiophene rings is 3. The summed E-state index contributed by atoms with van der Waals surface area (Å²) in [6.07, 6.45) is 7.31. The standard InChI is InChI=1S/C42H18F4N4O3S3/c1-49-31(16-47)34-20-12-27(43)29(45)14-22(20)36(51)24(34)8-18-10-26-39(54-18)41-38(53-42(26)6-4-3-5-7-42)40-33(56-41)11-19(55-40)9-25-35(32(17-48)50-2)21-13-28(44)30(46)15-23(21)37(25)52/h8-15H,3-7H2/b24-8-,25-9-,34-31-,35-32+. The molecule has 56 heavy (non-hydrogen) atoms. The fourth-order valence-corrected chi connectivity index (χ4v) is 11.8. The number of carbonyl (C=O) groups is 2. The maximum absolute atomic E-state index is 14.4. The third kappa shape index (κ3) is 5.08. The molecule has 5 aromatic rings. The summed E-state index contributed by atoms with van der Waals surface area (Å²) in [7, 11) is 0. The second kappa shape index (κ2) is 12.8. The largest absolute Gasteiger partial charge is 0.479 e. The van der Waals surface area contributed by atoms with Crippen molar-refractivity contribution < 1.29 is 31.9 Å². The van der Waals surface area contributed by atoms with E-state index >= 15 is 0 Å². The summed E-state index contributed by atoms with van der Waals surface area (Å²) in [5.41, 5.74) is -1.09. The van der Waals surface area contributed by atoms with E-state index in [1.54, 1.807) is 18.2 Å². The van der Waals surface area contributed by atoms with Crippen molar-refractivity contribution in [2.24, 2.45) is 0 Å². The minimum absolute atomic E-state index is 0.0138. The van der Waals surface area contributed by atoms with E-state index < -0.39 is 51.8 Å². The van der Waals surface area contributed by atoms with E-state index in [9.17, 15) is 37.7 Å². The first-order chi connectivity index (χ1) is 27.0. The average Bonchev–Trinajstić information content (AvgIpc) is 3.98.